The van der Waals surface area contributed by atoms with Crippen molar-refractivity contribution in [3.8, 4) is 0 Å². The lowest BCUT2D eigenvalue weighted by Gasteiger charge is -2.18. The predicted molar refractivity (Wildman–Crippen MR) is 111 cm³/mol. The van der Waals surface area contributed by atoms with Crippen molar-refractivity contribution >= 4 is 50.8 Å². The number of H-pyrrole nitrogens is 1. The molecule has 0 bridgehead atoms. The van der Waals surface area contributed by atoms with Crippen LogP contribution in [-0.4, -0.2) is 36.7 Å². The van der Waals surface area contributed by atoms with E-state index < -0.39 is 0 Å². The van der Waals surface area contributed by atoms with Gasteiger partial charge in [0.25, 0.3) is 5.56 Å². The number of likely N-dealkylation sites (N-methyl/N-ethyl adjacent to an activating group) is 1. The molecule has 0 saturated heterocycles. The van der Waals surface area contributed by atoms with Crippen molar-refractivity contribution in [2.24, 2.45) is 0 Å². The third kappa shape index (κ3) is 3.44. The van der Waals surface area contributed by atoms with Gasteiger partial charge in [-0.25, -0.2) is 9.97 Å². The number of aromatic amines is 1. The number of hydrogen-bond donors (Lipinski definition) is 1. The van der Waals surface area contributed by atoms with Crippen molar-refractivity contribution < 1.29 is 4.79 Å². The number of imidazole rings is 1. The number of carbonyl (C=O) groups is 1. The van der Waals surface area contributed by atoms with Crippen LogP contribution >= 0.6 is 22.9 Å². The van der Waals surface area contributed by atoms with Gasteiger partial charge in [0.1, 0.15) is 5.82 Å². The SMILES string of the molecule is CCN(Cc1nc2ccccc2c(=O)[nH]1)C(=O)C=Cc1c(Cl)nc2sccn12. The molecule has 3 aromatic heterocycles. The van der Waals surface area contributed by atoms with E-state index in [0.717, 1.165) is 4.96 Å². The van der Waals surface area contributed by atoms with Crippen LogP contribution in [0, 0.1) is 0 Å². The minimum Gasteiger partial charge on any atom is -0.332 e. The van der Waals surface area contributed by atoms with Crippen LogP contribution < -0.4 is 5.56 Å². The molecule has 0 spiro atoms. The maximum Gasteiger partial charge on any atom is 0.258 e. The van der Waals surface area contributed by atoms with E-state index in [1.54, 1.807) is 29.2 Å². The van der Waals surface area contributed by atoms with Gasteiger partial charge < -0.3 is 9.88 Å². The third-order valence-corrected chi connectivity index (χ3v) is 5.37. The summed E-state index contributed by atoms with van der Waals surface area (Å²) in [6.45, 7) is 2.54. The Morgan fingerprint density at radius 1 is 1.36 bits per heavy atom. The Bertz CT molecular complexity index is 1260. The number of fused-ring (bicyclic) bond motifs is 2. The van der Waals surface area contributed by atoms with Gasteiger partial charge in [-0.2, -0.15) is 0 Å². The second kappa shape index (κ2) is 7.57. The molecule has 9 heteroatoms. The molecule has 142 valence electrons. The molecule has 0 radical (unpaired) electrons. The van der Waals surface area contributed by atoms with Crippen molar-refractivity contribution in [1.82, 2.24) is 24.3 Å². The zero-order chi connectivity index (χ0) is 19.7. The summed E-state index contributed by atoms with van der Waals surface area (Å²) < 4.78 is 1.83. The predicted octanol–water partition coefficient (Wildman–Crippen LogP) is 3.35. The van der Waals surface area contributed by atoms with Crippen LogP contribution in [0.1, 0.15) is 18.4 Å². The molecular weight excluding hydrogens is 398 g/mol. The molecule has 4 aromatic rings. The fourth-order valence-electron chi connectivity index (χ4n) is 2.92. The lowest BCUT2D eigenvalue weighted by atomic mass is 10.2. The Labute approximate surface area is 168 Å². The van der Waals surface area contributed by atoms with E-state index in [9.17, 15) is 9.59 Å². The highest BCUT2D eigenvalue weighted by Crippen LogP contribution is 2.22. The monoisotopic (exact) mass is 413 g/mol. The summed E-state index contributed by atoms with van der Waals surface area (Å²) in [5, 5.41) is 2.77. The van der Waals surface area contributed by atoms with Crippen LogP contribution in [0.15, 0.2) is 46.7 Å². The van der Waals surface area contributed by atoms with Crippen LogP contribution in [0.25, 0.3) is 21.9 Å². The smallest absolute Gasteiger partial charge is 0.258 e. The molecule has 0 aliphatic heterocycles. The van der Waals surface area contributed by atoms with Gasteiger partial charge in [-0.3, -0.25) is 14.0 Å². The largest absolute Gasteiger partial charge is 0.332 e. The summed E-state index contributed by atoms with van der Waals surface area (Å²) in [5.74, 6) is 0.231. The standard InChI is InChI=1S/C19H16ClN5O2S/c1-2-24(11-15-21-13-6-4-3-5-12(13)18(27)22-15)16(26)8-7-14-17(20)23-19-25(14)9-10-28-19/h3-10H,2,11H2,1H3,(H,21,22,27). The lowest BCUT2D eigenvalue weighted by molar-refractivity contribution is -0.126. The molecule has 0 saturated carbocycles. The first-order chi connectivity index (χ1) is 13.6. The molecule has 28 heavy (non-hydrogen) atoms. The highest BCUT2D eigenvalue weighted by Gasteiger charge is 2.14. The molecule has 4 rings (SSSR count). The molecule has 1 N–H and O–H groups in total. The molecule has 7 nitrogen and oxygen atoms in total. The van der Waals surface area contributed by atoms with E-state index in [-0.39, 0.29) is 18.0 Å². The summed E-state index contributed by atoms with van der Waals surface area (Å²) in [6, 6.07) is 7.11. The molecular formula is C19H16ClN5O2S. The first kappa shape index (κ1) is 18.4. The van der Waals surface area contributed by atoms with Crippen molar-refractivity contribution in [1.29, 1.82) is 0 Å². The van der Waals surface area contributed by atoms with Crippen LogP contribution in [0.3, 0.4) is 0 Å². The number of rotatable bonds is 5. The molecule has 0 atom stereocenters. The number of amides is 1. The Balaban J connectivity index is 1.57. The molecule has 1 aromatic carbocycles. The van der Waals surface area contributed by atoms with Gasteiger partial charge in [0.2, 0.25) is 5.91 Å². The number of thiazole rings is 1. The topological polar surface area (TPSA) is 83.4 Å². The van der Waals surface area contributed by atoms with Gasteiger partial charge in [0.05, 0.1) is 23.1 Å². The van der Waals surface area contributed by atoms with E-state index in [1.165, 1.54) is 17.4 Å². The normalized spacial score (nSPS) is 11.6. The minimum atomic E-state index is -0.217. The number of benzene rings is 1. The van der Waals surface area contributed by atoms with E-state index >= 15 is 0 Å². The van der Waals surface area contributed by atoms with Gasteiger partial charge in [-0.15, -0.1) is 11.3 Å². The highest BCUT2D eigenvalue weighted by molar-refractivity contribution is 7.15. The maximum atomic E-state index is 12.7. The number of aromatic nitrogens is 4. The number of nitrogens with zero attached hydrogens (tertiary/aromatic N) is 4. The Morgan fingerprint density at radius 2 is 2.18 bits per heavy atom. The quantitative estimate of drug-likeness (QED) is 0.508. The summed E-state index contributed by atoms with van der Waals surface area (Å²) in [6.07, 6.45) is 4.95. The van der Waals surface area contributed by atoms with Gasteiger partial charge in [-0.05, 0) is 25.1 Å². The van der Waals surface area contributed by atoms with Crippen molar-refractivity contribution in [2.45, 2.75) is 13.5 Å². The molecule has 0 unspecified atom stereocenters. The van der Waals surface area contributed by atoms with Crippen LogP contribution in [0.5, 0.6) is 0 Å². The van der Waals surface area contributed by atoms with E-state index in [2.05, 4.69) is 15.0 Å². The number of para-hydroxylation sites is 1. The fraction of sp³-hybridized carbons (Fsp3) is 0.158. The van der Waals surface area contributed by atoms with Crippen LogP contribution in [-0.2, 0) is 11.3 Å². The summed E-state index contributed by atoms with van der Waals surface area (Å²) >= 11 is 7.62. The third-order valence-electron chi connectivity index (χ3n) is 4.33. The first-order valence-electron chi connectivity index (χ1n) is 8.62. The zero-order valence-corrected chi connectivity index (χ0v) is 16.5. The Morgan fingerprint density at radius 3 is 3.00 bits per heavy atom. The fourth-order valence-corrected chi connectivity index (χ4v) is 3.92. The molecule has 0 aliphatic rings. The lowest BCUT2D eigenvalue weighted by Crippen LogP contribution is -2.30. The van der Waals surface area contributed by atoms with Crippen molar-refractivity contribution in [3.05, 3.63) is 68.9 Å². The molecule has 0 aliphatic carbocycles. The average Bonchev–Trinajstić information content (AvgIpc) is 3.25. The summed E-state index contributed by atoms with van der Waals surface area (Å²) in [5.41, 5.74) is 1.04. The summed E-state index contributed by atoms with van der Waals surface area (Å²) in [4.78, 5) is 38.7. The molecule has 3 heterocycles. The average molecular weight is 414 g/mol. The van der Waals surface area contributed by atoms with Crippen LogP contribution in [0.2, 0.25) is 5.15 Å². The Hall–Kier alpha value is -2.97. The van der Waals surface area contributed by atoms with E-state index in [4.69, 9.17) is 11.6 Å². The van der Waals surface area contributed by atoms with E-state index in [1.807, 2.05) is 29.0 Å². The van der Waals surface area contributed by atoms with Gasteiger partial charge >= 0.3 is 0 Å². The van der Waals surface area contributed by atoms with Gasteiger partial charge in [0, 0.05) is 24.2 Å². The number of hydrogen-bond acceptors (Lipinski definition) is 5. The zero-order valence-electron chi connectivity index (χ0n) is 14.9. The van der Waals surface area contributed by atoms with Crippen molar-refractivity contribution in [2.75, 3.05) is 6.54 Å². The first-order valence-corrected chi connectivity index (χ1v) is 9.88. The highest BCUT2D eigenvalue weighted by atomic mass is 35.5. The molecule has 1 amide bonds. The number of halogens is 1. The van der Waals surface area contributed by atoms with Crippen molar-refractivity contribution in [3.63, 3.8) is 0 Å². The summed E-state index contributed by atoms with van der Waals surface area (Å²) in [7, 11) is 0. The van der Waals surface area contributed by atoms with Crippen LogP contribution in [0.4, 0.5) is 0 Å². The maximum absolute atomic E-state index is 12.7. The van der Waals surface area contributed by atoms with E-state index in [0.29, 0.717) is 34.1 Å². The minimum absolute atomic E-state index is 0.202. The Kier molecular flexibility index (Phi) is 4.97. The van der Waals surface area contributed by atoms with Gasteiger partial charge in [-0.1, -0.05) is 23.7 Å². The second-order valence-electron chi connectivity index (χ2n) is 6.06. The second-order valence-corrected chi connectivity index (χ2v) is 7.29. The number of carbonyl (C=O) groups excluding carboxylic acids is 1. The molecule has 0 fully saturated rings. The number of nitrogens with one attached hydrogen (secondary N) is 1. The van der Waals surface area contributed by atoms with Gasteiger partial charge in [0.15, 0.2) is 10.1 Å².